The number of carbonyl (C=O) groups is 1. The number of thiazole rings is 1. The summed E-state index contributed by atoms with van der Waals surface area (Å²) >= 11 is 1.42. The number of carbonyl (C=O) groups excluding carboxylic acids is 1. The van der Waals surface area contributed by atoms with E-state index < -0.39 is 5.97 Å². The number of aromatic nitrogens is 4. The first-order valence-electron chi connectivity index (χ1n) is 8.46. The van der Waals surface area contributed by atoms with Gasteiger partial charge >= 0.3 is 5.97 Å². The van der Waals surface area contributed by atoms with Crippen LogP contribution in [0.15, 0.2) is 66.6 Å². The summed E-state index contributed by atoms with van der Waals surface area (Å²) in [5.74, 6) is -0.703. The van der Waals surface area contributed by atoms with Crippen LogP contribution in [0, 0.1) is 5.82 Å². The minimum absolute atomic E-state index is 0.0806. The van der Waals surface area contributed by atoms with Crippen LogP contribution < -0.4 is 0 Å². The molecule has 2 heterocycles. The second-order valence-corrected chi connectivity index (χ2v) is 6.88. The van der Waals surface area contributed by atoms with E-state index in [9.17, 15) is 9.18 Å². The van der Waals surface area contributed by atoms with Gasteiger partial charge in [-0.05, 0) is 42.0 Å². The van der Waals surface area contributed by atoms with Crippen molar-refractivity contribution in [3.8, 4) is 10.6 Å². The molecule has 0 spiro atoms. The summed E-state index contributed by atoms with van der Waals surface area (Å²) in [7, 11) is 0. The first kappa shape index (κ1) is 18.0. The average molecular weight is 394 g/mol. The number of benzene rings is 2. The van der Waals surface area contributed by atoms with E-state index in [0.717, 1.165) is 16.1 Å². The van der Waals surface area contributed by atoms with E-state index in [4.69, 9.17) is 4.74 Å². The van der Waals surface area contributed by atoms with Crippen molar-refractivity contribution in [3.63, 3.8) is 0 Å². The van der Waals surface area contributed by atoms with Crippen LogP contribution >= 0.6 is 11.3 Å². The second-order valence-electron chi connectivity index (χ2n) is 6.02. The van der Waals surface area contributed by atoms with Crippen LogP contribution in [-0.2, 0) is 17.9 Å². The smallest absolute Gasteiger partial charge is 0.338 e. The largest absolute Gasteiger partial charge is 0.456 e. The van der Waals surface area contributed by atoms with Crippen molar-refractivity contribution < 1.29 is 13.9 Å². The standard InChI is InChI=1S/C20H15FN4O2S/c21-17-7-5-15(6-8-17)19-24-18(11-28-19)10-27-20(26)16-3-1-14(2-4-16)9-25-13-22-12-23-25/h1-8,11-13H,9-10H2. The summed E-state index contributed by atoms with van der Waals surface area (Å²) < 4.78 is 20.1. The summed E-state index contributed by atoms with van der Waals surface area (Å²) in [6.07, 6.45) is 3.11. The van der Waals surface area contributed by atoms with Crippen LogP contribution in [-0.4, -0.2) is 25.7 Å². The highest BCUT2D eigenvalue weighted by molar-refractivity contribution is 7.13. The van der Waals surface area contributed by atoms with Crippen LogP contribution in [0.25, 0.3) is 10.6 Å². The van der Waals surface area contributed by atoms with Crippen molar-refractivity contribution >= 4 is 17.3 Å². The third-order valence-corrected chi connectivity index (χ3v) is 4.94. The Morgan fingerprint density at radius 2 is 1.89 bits per heavy atom. The molecule has 0 aliphatic carbocycles. The minimum Gasteiger partial charge on any atom is -0.456 e. The first-order chi connectivity index (χ1) is 13.7. The Labute approximate surface area is 164 Å². The number of hydrogen-bond acceptors (Lipinski definition) is 6. The van der Waals surface area contributed by atoms with Crippen LogP contribution in [0.1, 0.15) is 21.6 Å². The van der Waals surface area contributed by atoms with Gasteiger partial charge in [0, 0.05) is 10.9 Å². The van der Waals surface area contributed by atoms with Crippen molar-refractivity contribution in [2.24, 2.45) is 0 Å². The van der Waals surface area contributed by atoms with Gasteiger partial charge in [-0.2, -0.15) is 5.10 Å². The molecule has 28 heavy (non-hydrogen) atoms. The number of rotatable bonds is 6. The molecule has 4 aromatic rings. The molecule has 2 aromatic heterocycles. The van der Waals surface area contributed by atoms with Crippen molar-refractivity contribution in [1.82, 2.24) is 19.7 Å². The Morgan fingerprint density at radius 3 is 2.61 bits per heavy atom. The van der Waals surface area contributed by atoms with E-state index in [2.05, 4.69) is 15.1 Å². The summed E-state index contributed by atoms with van der Waals surface area (Å²) in [4.78, 5) is 20.6. The average Bonchev–Trinajstić information content (AvgIpc) is 3.39. The molecule has 0 saturated heterocycles. The topological polar surface area (TPSA) is 69.9 Å². The van der Waals surface area contributed by atoms with Gasteiger partial charge in [0.05, 0.1) is 17.8 Å². The van der Waals surface area contributed by atoms with Gasteiger partial charge in [-0.3, -0.25) is 0 Å². The zero-order valence-electron chi connectivity index (χ0n) is 14.7. The zero-order chi connectivity index (χ0) is 19.3. The van der Waals surface area contributed by atoms with Gasteiger partial charge < -0.3 is 4.74 Å². The molecule has 4 rings (SSSR count). The van der Waals surface area contributed by atoms with Gasteiger partial charge in [0.2, 0.25) is 0 Å². The summed E-state index contributed by atoms with van der Waals surface area (Å²) in [6.45, 7) is 0.664. The molecule has 0 aliphatic rings. The predicted octanol–water partition coefficient (Wildman–Crippen LogP) is 3.95. The van der Waals surface area contributed by atoms with Gasteiger partial charge in [0.15, 0.2) is 0 Å². The molecule has 0 atom stereocenters. The maximum atomic E-state index is 13.0. The van der Waals surface area contributed by atoms with Crippen molar-refractivity contribution in [1.29, 1.82) is 0 Å². The number of hydrogen-bond donors (Lipinski definition) is 0. The number of halogens is 1. The van der Waals surface area contributed by atoms with Crippen molar-refractivity contribution in [2.45, 2.75) is 13.2 Å². The van der Waals surface area contributed by atoms with E-state index in [1.165, 1.54) is 29.8 Å². The van der Waals surface area contributed by atoms with Crippen LogP contribution in [0.5, 0.6) is 0 Å². The summed E-state index contributed by atoms with van der Waals surface area (Å²) in [5, 5.41) is 6.63. The van der Waals surface area contributed by atoms with Gasteiger partial charge in [0.25, 0.3) is 0 Å². The molecule has 0 aliphatic heterocycles. The molecular formula is C20H15FN4O2S. The molecule has 0 fully saturated rings. The highest BCUT2D eigenvalue weighted by Crippen LogP contribution is 2.24. The Morgan fingerprint density at radius 1 is 1.11 bits per heavy atom. The lowest BCUT2D eigenvalue weighted by atomic mass is 10.1. The lowest BCUT2D eigenvalue weighted by Gasteiger charge is -2.05. The Hall–Kier alpha value is -3.39. The van der Waals surface area contributed by atoms with E-state index in [-0.39, 0.29) is 12.4 Å². The summed E-state index contributed by atoms with van der Waals surface area (Å²) in [6, 6.07) is 13.3. The lowest BCUT2D eigenvalue weighted by Crippen LogP contribution is -2.06. The highest BCUT2D eigenvalue weighted by Gasteiger charge is 2.10. The fourth-order valence-corrected chi connectivity index (χ4v) is 3.38. The van der Waals surface area contributed by atoms with Gasteiger partial charge in [-0.15, -0.1) is 11.3 Å². The third kappa shape index (κ3) is 4.29. The van der Waals surface area contributed by atoms with Crippen LogP contribution in [0.2, 0.25) is 0 Å². The molecule has 0 unspecified atom stereocenters. The second kappa shape index (κ2) is 8.10. The number of nitrogens with zero attached hydrogens (tertiary/aromatic N) is 4. The highest BCUT2D eigenvalue weighted by atomic mass is 32.1. The van der Waals surface area contributed by atoms with E-state index in [1.807, 2.05) is 17.5 Å². The molecule has 6 nitrogen and oxygen atoms in total. The molecule has 0 amide bonds. The monoisotopic (exact) mass is 394 g/mol. The van der Waals surface area contributed by atoms with Gasteiger partial charge in [-0.1, -0.05) is 12.1 Å². The quantitative estimate of drug-likeness (QED) is 0.463. The van der Waals surface area contributed by atoms with Crippen LogP contribution in [0.3, 0.4) is 0 Å². The molecule has 0 radical (unpaired) electrons. The molecule has 0 N–H and O–H groups in total. The van der Waals surface area contributed by atoms with E-state index >= 15 is 0 Å². The number of esters is 1. The predicted molar refractivity (Wildman–Crippen MR) is 102 cm³/mol. The van der Waals surface area contributed by atoms with E-state index in [0.29, 0.717) is 17.8 Å². The van der Waals surface area contributed by atoms with Gasteiger partial charge in [-0.25, -0.2) is 23.8 Å². The third-order valence-electron chi connectivity index (χ3n) is 3.99. The molecule has 8 heteroatoms. The van der Waals surface area contributed by atoms with E-state index in [1.54, 1.807) is 35.3 Å². The summed E-state index contributed by atoms with van der Waals surface area (Å²) in [5.41, 5.74) is 2.95. The normalized spacial score (nSPS) is 10.8. The molecular weight excluding hydrogens is 379 g/mol. The Kier molecular flexibility index (Phi) is 5.20. The maximum absolute atomic E-state index is 13.0. The lowest BCUT2D eigenvalue weighted by molar-refractivity contribution is 0.0468. The Balaban J connectivity index is 1.34. The maximum Gasteiger partial charge on any atom is 0.338 e. The molecule has 2 aromatic carbocycles. The zero-order valence-corrected chi connectivity index (χ0v) is 15.5. The molecule has 0 bridgehead atoms. The van der Waals surface area contributed by atoms with Gasteiger partial charge in [0.1, 0.15) is 30.1 Å². The SMILES string of the molecule is O=C(OCc1csc(-c2ccc(F)cc2)n1)c1ccc(Cn2cncn2)cc1. The number of ether oxygens (including phenoxy) is 1. The molecule has 140 valence electrons. The Bertz CT molecular complexity index is 1060. The fourth-order valence-electron chi connectivity index (χ4n) is 2.57. The first-order valence-corrected chi connectivity index (χ1v) is 9.34. The van der Waals surface area contributed by atoms with Crippen molar-refractivity contribution in [3.05, 3.63) is 89.2 Å². The van der Waals surface area contributed by atoms with Crippen molar-refractivity contribution in [2.75, 3.05) is 0 Å². The molecule has 0 saturated carbocycles. The minimum atomic E-state index is -0.413. The fraction of sp³-hybridized carbons (Fsp3) is 0.100. The van der Waals surface area contributed by atoms with Crippen LogP contribution in [0.4, 0.5) is 4.39 Å².